The van der Waals surface area contributed by atoms with E-state index in [1.54, 1.807) is 13.8 Å². The molecule has 0 aliphatic carbocycles. The first-order chi connectivity index (χ1) is 19.3. The molecular weight excluding hydrogens is 1220 g/mol. The number of ether oxygens (including phenoxy) is 6. The Morgan fingerprint density at radius 3 is 1.73 bits per heavy atom. The van der Waals surface area contributed by atoms with Gasteiger partial charge in [0, 0.05) is 13.6 Å². The highest BCUT2D eigenvalue weighted by Gasteiger charge is 2.41. The highest BCUT2D eigenvalue weighted by atomic mass is 127. The van der Waals surface area contributed by atoms with E-state index in [0.717, 1.165) is 21.4 Å². The third kappa shape index (κ3) is 11.3. The largest absolute Gasteiger partial charge is 0.480 e. The average molecular weight is 1240 g/mol. The Hall–Kier alpha value is 0.790. The summed E-state index contributed by atoms with van der Waals surface area (Å²) in [7, 11) is 0. The molecule has 0 saturated carbocycles. The molecule has 0 N–H and O–H groups in total. The molecule has 0 radical (unpaired) electrons. The molecular formula is C26H24I6O9. The van der Waals surface area contributed by atoms with E-state index in [-0.39, 0.29) is 38.8 Å². The lowest BCUT2D eigenvalue weighted by Gasteiger charge is -2.36. The second kappa shape index (κ2) is 17.5. The molecule has 1 aliphatic rings. The minimum atomic E-state index is -1.02. The van der Waals surface area contributed by atoms with Crippen LogP contribution in [0.25, 0.3) is 0 Å². The first kappa shape index (κ1) is 36.3. The van der Waals surface area contributed by atoms with Gasteiger partial charge in [-0.15, -0.1) is 0 Å². The molecule has 41 heavy (non-hydrogen) atoms. The van der Waals surface area contributed by atoms with Crippen molar-refractivity contribution in [3.8, 4) is 11.5 Å². The van der Waals surface area contributed by atoms with Gasteiger partial charge in [-0.1, -0.05) is 13.8 Å². The monoisotopic (exact) mass is 1240 g/mol. The molecule has 2 aromatic rings. The van der Waals surface area contributed by atoms with Gasteiger partial charge in [0.05, 0.1) is 26.8 Å². The van der Waals surface area contributed by atoms with E-state index in [9.17, 15) is 14.4 Å². The van der Waals surface area contributed by atoms with Crippen LogP contribution >= 0.6 is 136 Å². The maximum atomic E-state index is 12.9. The van der Waals surface area contributed by atoms with Crippen LogP contribution in [0.15, 0.2) is 24.3 Å². The van der Waals surface area contributed by atoms with E-state index >= 15 is 0 Å². The molecule has 2 aromatic carbocycles. The van der Waals surface area contributed by atoms with E-state index in [2.05, 4.69) is 136 Å². The smallest absolute Gasteiger partial charge is 0.344 e. The zero-order valence-electron chi connectivity index (χ0n) is 21.6. The number of rotatable bonds is 11. The molecule has 3 rings (SSSR count). The van der Waals surface area contributed by atoms with Crippen LogP contribution in [0.5, 0.6) is 11.5 Å². The van der Waals surface area contributed by atoms with Gasteiger partial charge < -0.3 is 28.4 Å². The van der Waals surface area contributed by atoms with E-state index in [1.807, 2.05) is 24.3 Å². The second-order valence-electron chi connectivity index (χ2n) is 8.94. The fraction of sp³-hybridized carbons (Fsp3) is 0.423. The molecule has 0 spiro atoms. The number of hydrogen-bond acceptors (Lipinski definition) is 9. The second-order valence-corrected chi connectivity index (χ2v) is 16.1. The summed E-state index contributed by atoms with van der Waals surface area (Å²) in [5.74, 6) is -0.894. The van der Waals surface area contributed by atoms with Crippen molar-refractivity contribution in [1.29, 1.82) is 0 Å². The Labute approximate surface area is 319 Å². The first-order valence-corrected chi connectivity index (χ1v) is 18.5. The van der Waals surface area contributed by atoms with Crippen molar-refractivity contribution in [2.24, 2.45) is 5.92 Å². The molecule has 0 unspecified atom stereocenters. The van der Waals surface area contributed by atoms with Crippen LogP contribution in [-0.4, -0.2) is 62.6 Å². The quantitative estimate of drug-likeness (QED) is 0.140. The van der Waals surface area contributed by atoms with Crippen LogP contribution in [0, 0.1) is 27.3 Å². The molecule has 1 saturated heterocycles. The molecule has 3 atom stereocenters. The van der Waals surface area contributed by atoms with Crippen molar-refractivity contribution in [3.63, 3.8) is 0 Å². The Bertz CT molecular complexity index is 1230. The summed E-state index contributed by atoms with van der Waals surface area (Å²) in [6, 6.07) is 7.77. The molecule has 0 aromatic heterocycles. The number of benzene rings is 2. The van der Waals surface area contributed by atoms with Crippen molar-refractivity contribution < 1.29 is 42.8 Å². The zero-order chi connectivity index (χ0) is 30.3. The van der Waals surface area contributed by atoms with Gasteiger partial charge in [-0.2, -0.15) is 0 Å². The molecule has 1 fully saturated rings. The van der Waals surface area contributed by atoms with Crippen molar-refractivity contribution in [3.05, 3.63) is 45.7 Å². The topological polar surface area (TPSA) is 107 Å². The first-order valence-electron chi connectivity index (χ1n) is 12.1. The molecule has 1 aliphatic heterocycles. The maximum absolute atomic E-state index is 12.9. The lowest BCUT2D eigenvalue weighted by molar-refractivity contribution is -0.205. The minimum Gasteiger partial charge on any atom is -0.480 e. The normalized spacial score (nSPS) is 18.5. The van der Waals surface area contributed by atoms with Crippen molar-refractivity contribution in [2.45, 2.75) is 38.6 Å². The number of carbonyl (C=O) groups excluding carboxylic acids is 3. The van der Waals surface area contributed by atoms with Gasteiger partial charge in [0.1, 0.15) is 30.3 Å². The molecule has 1 heterocycles. The van der Waals surface area contributed by atoms with Gasteiger partial charge in [-0.25, -0.2) is 9.59 Å². The van der Waals surface area contributed by atoms with Gasteiger partial charge in [-0.05, 0) is 160 Å². The van der Waals surface area contributed by atoms with Crippen molar-refractivity contribution in [2.75, 3.05) is 26.4 Å². The fourth-order valence-electron chi connectivity index (χ4n) is 3.57. The molecule has 15 heteroatoms. The summed E-state index contributed by atoms with van der Waals surface area (Å²) in [4.78, 5) is 37.9. The minimum absolute atomic E-state index is 0.160. The molecule has 0 bridgehead atoms. The van der Waals surface area contributed by atoms with Crippen molar-refractivity contribution >= 4 is 153 Å². The summed E-state index contributed by atoms with van der Waals surface area (Å²) in [6.45, 7) is 2.80. The Morgan fingerprint density at radius 1 is 0.805 bits per heavy atom. The lowest BCUT2D eigenvalue weighted by Crippen LogP contribution is -2.52. The van der Waals surface area contributed by atoms with Crippen LogP contribution in [-0.2, 0) is 33.3 Å². The van der Waals surface area contributed by atoms with Gasteiger partial charge in [-0.3, -0.25) is 4.79 Å². The summed E-state index contributed by atoms with van der Waals surface area (Å²) in [5, 5.41) is 0. The Kier molecular flexibility index (Phi) is 15.5. The summed E-state index contributed by atoms with van der Waals surface area (Å²) >= 11 is 13.0. The average Bonchev–Trinajstić information content (AvgIpc) is 2.87. The highest BCUT2D eigenvalue weighted by molar-refractivity contribution is 14.1. The van der Waals surface area contributed by atoms with E-state index in [1.165, 1.54) is 0 Å². The van der Waals surface area contributed by atoms with Gasteiger partial charge in [0.15, 0.2) is 19.3 Å². The van der Waals surface area contributed by atoms with E-state index in [0.29, 0.717) is 11.5 Å². The maximum Gasteiger partial charge on any atom is 0.344 e. The molecule has 224 valence electrons. The number of hydrogen-bond donors (Lipinski definition) is 0. The van der Waals surface area contributed by atoms with Crippen LogP contribution < -0.4 is 9.47 Å². The predicted octanol–water partition coefficient (Wildman–Crippen LogP) is 6.58. The van der Waals surface area contributed by atoms with Crippen molar-refractivity contribution in [1.82, 2.24) is 0 Å². The van der Waals surface area contributed by atoms with Crippen LogP contribution in [0.2, 0.25) is 0 Å². The summed E-state index contributed by atoms with van der Waals surface area (Å²) < 4.78 is 39.7. The Morgan fingerprint density at radius 2 is 1.27 bits per heavy atom. The number of esters is 3. The third-order valence-electron chi connectivity index (χ3n) is 5.47. The van der Waals surface area contributed by atoms with E-state index in [4.69, 9.17) is 28.4 Å². The third-order valence-corrected chi connectivity index (χ3v) is 9.92. The number of halogens is 6. The summed E-state index contributed by atoms with van der Waals surface area (Å²) in [6.07, 6.45) is -2.40. The Balaban J connectivity index is 1.69. The van der Waals surface area contributed by atoms with Gasteiger partial charge in [0.25, 0.3) is 0 Å². The highest BCUT2D eigenvalue weighted by Crippen LogP contribution is 2.31. The van der Waals surface area contributed by atoms with E-state index < -0.39 is 36.2 Å². The standard InChI is InChI=1S/C26H24I6O9/c1-12(2)26(35)39-9-20-25(41-22(34)11-38-24-17(31)7-14(28)8-18(24)32)19(3-4-36-20)40-21(33)10-37-23-15(29)5-13(27)6-16(23)30/h5-8,12,19-20,25H,3-4,9-11H2,1-2H3/t19-,20-,25+/m1/s1. The molecule has 0 amide bonds. The van der Waals surface area contributed by atoms with Crippen LogP contribution in [0.1, 0.15) is 20.3 Å². The fourth-order valence-corrected chi connectivity index (χ4v) is 11.4. The van der Waals surface area contributed by atoms with Crippen LogP contribution in [0.3, 0.4) is 0 Å². The molecule has 9 nitrogen and oxygen atoms in total. The van der Waals surface area contributed by atoms with Gasteiger partial charge in [0.2, 0.25) is 0 Å². The number of carbonyl (C=O) groups is 3. The zero-order valence-corrected chi connectivity index (χ0v) is 34.5. The lowest BCUT2D eigenvalue weighted by atomic mass is 10.0. The van der Waals surface area contributed by atoms with Crippen LogP contribution in [0.4, 0.5) is 0 Å². The SMILES string of the molecule is CC(C)C(=O)OC[C@H]1OCC[C@@H](OC(=O)COc2c(I)cc(I)cc2I)[C@@H]1OC(=O)COc1c(I)cc(I)cc1I. The summed E-state index contributed by atoms with van der Waals surface area (Å²) in [5.41, 5.74) is 0. The predicted molar refractivity (Wildman–Crippen MR) is 200 cm³/mol. The van der Waals surface area contributed by atoms with Gasteiger partial charge >= 0.3 is 17.9 Å².